The summed E-state index contributed by atoms with van der Waals surface area (Å²) < 4.78 is 66.9. The van der Waals surface area contributed by atoms with E-state index in [9.17, 15) is 41.1 Å². The van der Waals surface area contributed by atoms with Crippen molar-refractivity contribution in [2.45, 2.75) is 50.4 Å². The van der Waals surface area contributed by atoms with Crippen LogP contribution >= 0.6 is 23.2 Å². The van der Waals surface area contributed by atoms with Crippen molar-refractivity contribution in [3.63, 3.8) is 0 Å². The number of benzene rings is 3. The molecule has 7 nitrogen and oxygen atoms in total. The first-order valence-electron chi connectivity index (χ1n) is 13.9. The van der Waals surface area contributed by atoms with Gasteiger partial charge in [-0.15, -0.1) is 0 Å². The molecule has 0 radical (unpaired) electrons. The third-order valence-electron chi connectivity index (χ3n) is 6.90. The topological polar surface area (TPSA) is 104 Å². The Morgan fingerprint density at radius 1 is 0.739 bits per heavy atom. The van der Waals surface area contributed by atoms with Gasteiger partial charge in [-0.3, -0.25) is 19.2 Å². The van der Waals surface area contributed by atoms with Crippen molar-refractivity contribution in [2.24, 2.45) is 5.92 Å². The zero-order chi connectivity index (χ0) is 34.2. The fourth-order valence-electron chi connectivity index (χ4n) is 4.57. The number of hydrogen-bond donors (Lipinski definition) is 3. The minimum Gasteiger partial charge on any atom is -0.344 e. The van der Waals surface area contributed by atoms with Gasteiger partial charge in [0, 0.05) is 22.4 Å². The van der Waals surface area contributed by atoms with Gasteiger partial charge in [0.2, 0.25) is 17.6 Å². The average Bonchev–Trinajstić information content (AvgIpc) is 3.00. The van der Waals surface area contributed by atoms with Crippen LogP contribution in [0.15, 0.2) is 78.9 Å². The number of ketones is 1. The number of amides is 3. The van der Waals surface area contributed by atoms with E-state index in [2.05, 4.69) is 10.6 Å². The average molecular weight is 687 g/mol. The van der Waals surface area contributed by atoms with Crippen LogP contribution in [0.1, 0.15) is 48.9 Å². The Balaban J connectivity index is 1.89. The van der Waals surface area contributed by atoms with Crippen LogP contribution in [-0.4, -0.2) is 48.2 Å². The number of Topliss-reactive ketones (excluding diaryl/α,β-unsaturated/α-hetero) is 1. The van der Waals surface area contributed by atoms with Crippen LogP contribution in [0.4, 0.5) is 22.0 Å². The molecule has 0 aliphatic rings. The number of nitrogens with one attached hydrogen (secondary N) is 3. The molecule has 3 atom stereocenters. The molecule has 0 fully saturated rings. The van der Waals surface area contributed by atoms with Gasteiger partial charge in [0.25, 0.3) is 5.91 Å². The van der Waals surface area contributed by atoms with Crippen molar-refractivity contribution in [3.8, 4) is 0 Å². The lowest BCUT2D eigenvalue weighted by atomic mass is 9.88. The van der Waals surface area contributed by atoms with Crippen molar-refractivity contribution in [1.82, 2.24) is 16.0 Å². The molecule has 1 unspecified atom stereocenters. The van der Waals surface area contributed by atoms with Crippen molar-refractivity contribution in [2.75, 3.05) is 6.54 Å². The van der Waals surface area contributed by atoms with Gasteiger partial charge >= 0.3 is 12.1 Å². The van der Waals surface area contributed by atoms with E-state index in [4.69, 9.17) is 23.2 Å². The standard InChI is InChI=1S/C32H30Cl2F5N3O4/c1-18(2)26(28(44)32(38,39)30(46)40-17-31(35,36)37)42-29(45)27(20-11-13-22(33)14-12-20)41-25(43)16-24(19-7-4-3-5-8-19)21-9-6-10-23(34)15-21/h3-15,18,24,26-27H,16-17H2,1-2H3,(H,40,46)(H,41,43)(H,42,45)/t24?,26-,27-/m0/s1. The second-order valence-electron chi connectivity index (χ2n) is 10.7. The predicted molar refractivity (Wildman–Crippen MR) is 162 cm³/mol. The summed E-state index contributed by atoms with van der Waals surface area (Å²) in [4.78, 5) is 51.8. The Morgan fingerprint density at radius 2 is 1.35 bits per heavy atom. The van der Waals surface area contributed by atoms with E-state index in [-0.39, 0.29) is 12.0 Å². The van der Waals surface area contributed by atoms with Crippen LogP contribution in [0.25, 0.3) is 0 Å². The van der Waals surface area contributed by atoms with Crippen LogP contribution in [0.5, 0.6) is 0 Å². The summed E-state index contributed by atoms with van der Waals surface area (Å²) in [6.45, 7) is 0.493. The highest BCUT2D eigenvalue weighted by Crippen LogP contribution is 2.30. The largest absolute Gasteiger partial charge is 0.405 e. The molecule has 246 valence electrons. The maximum absolute atomic E-state index is 14.7. The molecule has 3 aromatic rings. The summed E-state index contributed by atoms with van der Waals surface area (Å²) >= 11 is 12.2. The second-order valence-corrected chi connectivity index (χ2v) is 11.6. The zero-order valence-corrected chi connectivity index (χ0v) is 26.0. The molecular formula is C32H30Cl2F5N3O4. The number of alkyl halides is 5. The minimum atomic E-state index is -5.00. The Hall–Kier alpha value is -4.03. The maximum atomic E-state index is 14.7. The first kappa shape index (κ1) is 36.4. The van der Waals surface area contributed by atoms with E-state index in [1.165, 1.54) is 38.1 Å². The van der Waals surface area contributed by atoms with E-state index < -0.39 is 66.1 Å². The van der Waals surface area contributed by atoms with Gasteiger partial charge in [0.05, 0.1) is 6.04 Å². The van der Waals surface area contributed by atoms with E-state index in [1.807, 2.05) is 12.1 Å². The van der Waals surface area contributed by atoms with Crippen molar-refractivity contribution in [1.29, 1.82) is 0 Å². The molecule has 0 heterocycles. The molecule has 0 saturated carbocycles. The number of carbonyl (C=O) groups is 4. The normalized spacial score (nSPS) is 13.8. The third-order valence-corrected chi connectivity index (χ3v) is 7.39. The molecule has 0 aliphatic carbocycles. The summed E-state index contributed by atoms with van der Waals surface area (Å²) in [6, 6.07) is 18.0. The molecule has 3 aromatic carbocycles. The van der Waals surface area contributed by atoms with Crippen molar-refractivity contribution < 1.29 is 41.1 Å². The van der Waals surface area contributed by atoms with Crippen molar-refractivity contribution >= 4 is 46.7 Å². The summed E-state index contributed by atoms with van der Waals surface area (Å²) in [5.74, 6) is -12.8. The van der Waals surface area contributed by atoms with Crippen LogP contribution < -0.4 is 16.0 Å². The monoisotopic (exact) mass is 685 g/mol. The van der Waals surface area contributed by atoms with Gasteiger partial charge in [0.15, 0.2) is 0 Å². The summed E-state index contributed by atoms with van der Waals surface area (Å²) in [7, 11) is 0. The lowest BCUT2D eigenvalue weighted by Gasteiger charge is -2.28. The lowest BCUT2D eigenvalue weighted by molar-refractivity contribution is -0.165. The molecule has 0 bridgehead atoms. The molecule has 3 N–H and O–H groups in total. The Bertz CT molecular complexity index is 1540. The molecule has 0 aromatic heterocycles. The SMILES string of the molecule is CC(C)[C@H](NC(=O)[C@@H](NC(=O)CC(c1ccccc1)c1cccc(Cl)c1)c1ccc(Cl)cc1)C(=O)C(F)(F)C(=O)NCC(F)(F)F. The summed E-state index contributed by atoms with van der Waals surface area (Å²) in [5, 5.41) is 6.47. The molecule has 0 aliphatic heterocycles. The Morgan fingerprint density at radius 3 is 1.91 bits per heavy atom. The Kier molecular flexibility index (Phi) is 12.3. The Labute approximate surface area is 271 Å². The molecule has 3 amide bonds. The van der Waals surface area contributed by atoms with Gasteiger partial charge in [-0.05, 0) is 46.9 Å². The highest BCUT2D eigenvalue weighted by atomic mass is 35.5. The highest BCUT2D eigenvalue weighted by Gasteiger charge is 2.52. The zero-order valence-electron chi connectivity index (χ0n) is 24.5. The van der Waals surface area contributed by atoms with Crippen LogP contribution in [0, 0.1) is 5.92 Å². The van der Waals surface area contributed by atoms with Gasteiger partial charge in [-0.25, -0.2) is 0 Å². The maximum Gasteiger partial charge on any atom is 0.405 e. The van der Waals surface area contributed by atoms with Gasteiger partial charge in [-0.1, -0.05) is 91.6 Å². The number of carbonyl (C=O) groups excluding carboxylic acids is 4. The van der Waals surface area contributed by atoms with Gasteiger partial charge in [-0.2, -0.15) is 22.0 Å². The predicted octanol–water partition coefficient (Wildman–Crippen LogP) is 6.40. The van der Waals surface area contributed by atoms with Gasteiger partial charge in [0.1, 0.15) is 12.6 Å². The van der Waals surface area contributed by atoms with Crippen molar-refractivity contribution in [3.05, 3.63) is 106 Å². The van der Waals surface area contributed by atoms with E-state index in [1.54, 1.807) is 42.5 Å². The molecular weight excluding hydrogens is 656 g/mol. The smallest absolute Gasteiger partial charge is 0.344 e. The van der Waals surface area contributed by atoms with E-state index in [0.717, 1.165) is 10.9 Å². The highest BCUT2D eigenvalue weighted by molar-refractivity contribution is 6.30. The number of halogens is 7. The molecule has 0 saturated heterocycles. The molecule has 14 heteroatoms. The van der Waals surface area contributed by atoms with Crippen LogP contribution in [0.2, 0.25) is 10.0 Å². The molecule has 46 heavy (non-hydrogen) atoms. The molecule has 0 spiro atoms. The number of rotatable bonds is 13. The minimum absolute atomic E-state index is 0.175. The number of hydrogen-bond acceptors (Lipinski definition) is 4. The van der Waals surface area contributed by atoms with Crippen LogP contribution in [0.3, 0.4) is 0 Å². The van der Waals surface area contributed by atoms with Crippen LogP contribution in [-0.2, 0) is 19.2 Å². The van der Waals surface area contributed by atoms with E-state index in [0.29, 0.717) is 15.6 Å². The fourth-order valence-corrected chi connectivity index (χ4v) is 4.89. The quantitative estimate of drug-likeness (QED) is 0.143. The summed E-state index contributed by atoms with van der Waals surface area (Å²) in [5.41, 5.74) is 1.65. The first-order valence-corrected chi connectivity index (χ1v) is 14.7. The molecule has 3 rings (SSSR count). The third kappa shape index (κ3) is 9.98. The van der Waals surface area contributed by atoms with Gasteiger partial charge < -0.3 is 16.0 Å². The first-order chi connectivity index (χ1) is 21.5. The lowest BCUT2D eigenvalue weighted by Crippen LogP contribution is -2.58. The summed E-state index contributed by atoms with van der Waals surface area (Å²) in [6.07, 6.45) is -5.18. The van der Waals surface area contributed by atoms with E-state index >= 15 is 0 Å². The second kappa shape index (κ2) is 15.5. The fraction of sp³-hybridized carbons (Fsp3) is 0.312.